The summed E-state index contributed by atoms with van der Waals surface area (Å²) >= 11 is 9.16. The molecule has 0 atom stereocenters. The molecule has 2 nitrogen and oxygen atoms in total. The number of Topliss-reactive ketones (excluding diaryl/α,β-unsaturated/α-hetero) is 1. The molecule has 0 unspecified atom stereocenters. The molecule has 0 saturated heterocycles. The number of benzene rings is 1. The van der Waals surface area contributed by atoms with Crippen LogP contribution in [0, 0.1) is 0 Å². The molecule has 76 valence electrons. The summed E-state index contributed by atoms with van der Waals surface area (Å²) < 4.78 is 6.13. The highest BCUT2D eigenvalue weighted by Crippen LogP contribution is 2.27. The maximum absolute atomic E-state index is 11.0. The second kappa shape index (κ2) is 5.37. The van der Waals surface area contributed by atoms with E-state index in [4.69, 9.17) is 16.3 Å². The molecule has 0 fully saturated rings. The van der Waals surface area contributed by atoms with E-state index in [-0.39, 0.29) is 12.4 Å². The van der Waals surface area contributed by atoms with E-state index < -0.39 is 0 Å². The van der Waals surface area contributed by atoms with Gasteiger partial charge in [0.2, 0.25) is 0 Å². The molecule has 14 heavy (non-hydrogen) atoms. The molecule has 0 radical (unpaired) electrons. The lowest BCUT2D eigenvalue weighted by atomic mass is 10.3. The smallest absolute Gasteiger partial charge is 0.169 e. The van der Waals surface area contributed by atoms with Crippen LogP contribution < -0.4 is 4.74 Å². The van der Waals surface area contributed by atoms with Crippen molar-refractivity contribution in [1.29, 1.82) is 0 Å². The van der Waals surface area contributed by atoms with Gasteiger partial charge < -0.3 is 4.74 Å². The van der Waals surface area contributed by atoms with Gasteiger partial charge in [-0.25, -0.2) is 0 Å². The Morgan fingerprint density at radius 1 is 1.57 bits per heavy atom. The average molecular weight is 278 g/mol. The minimum atomic E-state index is 0.0565. The zero-order chi connectivity index (χ0) is 10.6. The van der Waals surface area contributed by atoms with Gasteiger partial charge in [-0.1, -0.05) is 34.5 Å². The molecule has 0 amide bonds. The summed E-state index contributed by atoms with van der Waals surface area (Å²) in [5.74, 6) is 0.587. The van der Waals surface area contributed by atoms with E-state index in [2.05, 4.69) is 15.9 Å². The lowest BCUT2D eigenvalue weighted by Crippen LogP contribution is -2.09. The molecule has 0 aliphatic rings. The number of hydrogen-bond donors (Lipinski definition) is 0. The van der Waals surface area contributed by atoms with E-state index in [1.807, 2.05) is 6.07 Å². The summed E-state index contributed by atoms with van der Waals surface area (Å²) in [6.07, 6.45) is 0.478. The van der Waals surface area contributed by atoms with Crippen molar-refractivity contribution in [2.45, 2.75) is 13.3 Å². The molecule has 1 rings (SSSR count). The van der Waals surface area contributed by atoms with Crippen molar-refractivity contribution in [3.05, 3.63) is 27.7 Å². The molecule has 0 aliphatic carbocycles. The van der Waals surface area contributed by atoms with Gasteiger partial charge in [0.1, 0.15) is 12.4 Å². The fraction of sp³-hybridized carbons (Fsp3) is 0.300. The van der Waals surface area contributed by atoms with Crippen LogP contribution in [0.15, 0.2) is 22.7 Å². The number of halogens is 2. The van der Waals surface area contributed by atoms with E-state index in [0.717, 1.165) is 4.47 Å². The summed E-state index contributed by atoms with van der Waals surface area (Å²) in [7, 11) is 0. The molecule has 0 N–H and O–H groups in total. The summed E-state index contributed by atoms with van der Waals surface area (Å²) in [4.78, 5) is 11.0. The third kappa shape index (κ3) is 3.31. The first-order valence-corrected chi connectivity index (χ1v) is 5.40. The predicted octanol–water partition coefficient (Wildman–Crippen LogP) is 3.46. The van der Waals surface area contributed by atoms with Gasteiger partial charge in [-0.05, 0) is 18.2 Å². The van der Waals surface area contributed by atoms with E-state index in [1.54, 1.807) is 19.1 Å². The summed E-state index contributed by atoms with van der Waals surface area (Å²) in [6, 6.07) is 5.28. The molecule has 1 aromatic rings. The second-order valence-electron chi connectivity index (χ2n) is 2.76. The van der Waals surface area contributed by atoms with Gasteiger partial charge in [0, 0.05) is 10.9 Å². The third-order valence-corrected chi connectivity index (χ3v) is 2.48. The Labute approximate surface area is 96.3 Å². The Bertz CT molecular complexity index is 339. The van der Waals surface area contributed by atoms with E-state index >= 15 is 0 Å². The number of carbonyl (C=O) groups is 1. The number of ether oxygens (including phenoxy) is 1. The summed E-state index contributed by atoms with van der Waals surface area (Å²) in [5.41, 5.74) is 0. The molecule has 0 heterocycles. The van der Waals surface area contributed by atoms with Gasteiger partial charge in [-0.2, -0.15) is 0 Å². The molecule has 0 aromatic heterocycles. The molecular weight excluding hydrogens is 267 g/mol. The first-order chi connectivity index (χ1) is 6.63. The Morgan fingerprint density at radius 3 is 2.93 bits per heavy atom. The Balaban J connectivity index is 2.66. The molecular formula is C10H10BrClO2. The highest BCUT2D eigenvalue weighted by atomic mass is 79.9. The van der Waals surface area contributed by atoms with Crippen LogP contribution in [0.5, 0.6) is 5.75 Å². The topological polar surface area (TPSA) is 26.3 Å². The van der Waals surface area contributed by atoms with E-state index in [9.17, 15) is 4.79 Å². The molecule has 0 saturated carbocycles. The van der Waals surface area contributed by atoms with Crippen LogP contribution in [0.25, 0.3) is 0 Å². The van der Waals surface area contributed by atoms with Crippen LogP contribution in [0.3, 0.4) is 0 Å². The van der Waals surface area contributed by atoms with Crippen LogP contribution >= 0.6 is 27.5 Å². The monoisotopic (exact) mass is 276 g/mol. The summed E-state index contributed by atoms with van der Waals surface area (Å²) in [6.45, 7) is 1.88. The first kappa shape index (κ1) is 11.5. The SMILES string of the molecule is CCC(=O)COc1cc(Br)ccc1Cl. The van der Waals surface area contributed by atoms with Crippen LogP contribution in [0.1, 0.15) is 13.3 Å². The normalized spacial score (nSPS) is 9.93. The zero-order valence-electron chi connectivity index (χ0n) is 7.72. The predicted molar refractivity (Wildman–Crippen MR) is 59.9 cm³/mol. The molecule has 0 aliphatic heterocycles. The Hall–Kier alpha value is -0.540. The lowest BCUT2D eigenvalue weighted by molar-refractivity contribution is -0.120. The van der Waals surface area contributed by atoms with Crippen LogP contribution in [-0.4, -0.2) is 12.4 Å². The van der Waals surface area contributed by atoms with E-state index in [1.165, 1.54) is 0 Å². The average Bonchev–Trinajstić information content (AvgIpc) is 2.19. The number of carbonyl (C=O) groups excluding carboxylic acids is 1. The van der Waals surface area contributed by atoms with Crippen LogP contribution in [0.2, 0.25) is 5.02 Å². The Morgan fingerprint density at radius 2 is 2.29 bits per heavy atom. The van der Waals surface area contributed by atoms with Gasteiger partial charge in [-0.3, -0.25) is 4.79 Å². The van der Waals surface area contributed by atoms with Gasteiger partial charge in [-0.15, -0.1) is 0 Å². The van der Waals surface area contributed by atoms with Crippen molar-refractivity contribution in [2.24, 2.45) is 0 Å². The van der Waals surface area contributed by atoms with Crippen molar-refractivity contribution in [3.63, 3.8) is 0 Å². The van der Waals surface area contributed by atoms with Gasteiger partial charge in [0.15, 0.2) is 5.78 Å². The van der Waals surface area contributed by atoms with Crippen molar-refractivity contribution < 1.29 is 9.53 Å². The van der Waals surface area contributed by atoms with Gasteiger partial charge in [0.25, 0.3) is 0 Å². The standard InChI is InChI=1S/C10H10BrClO2/c1-2-8(13)6-14-10-5-7(11)3-4-9(10)12/h3-5H,2,6H2,1H3. The lowest BCUT2D eigenvalue weighted by Gasteiger charge is -2.06. The highest BCUT2D eigenvalue weighted by Gasteiger charge is 2.04. The first-order valence-electron chi connectivity index (χ1n) is 4.23. The minimum Gasteiger partial charge on any atom is -0.484 e. The van der Waals surface area contributed by atoms with Crippen LogP contribution in [-0.2, 0) is 4.79 Å². The fourth-order valence-corrected chi connectivity index (χ4v) is 1.36. The number of hydrogen-bond acceptors (Lipinski definition) is 2. The molecule has 1 aromatic carbocycles. The van der Waals surface area contributed by atoms with Gasteiger partial charge >= 0.3 is 0 Å². The zero-order valence-corrected chi connectivity index (χ0v) is 10.1. The highest BCUT2D eigenvalue weighted by molar-refractivity contribution is 9.10. The van der Waals surface area contributed by atoms with Crippen LogP contribution in [0.4, 0.5) is 0 Å². The number of ketones is 1. The van der Waals surface area contributed by atoms with Gasteiger partial charge in [0.05, 0.1) is 5.02 Å². The second-order valence-corrected chi connectivity index (χ2v) is 4.08. The van der Waals surface area contributed by atoms with Crippen molar-refractivity contribution in [3.8, 4) is 5.75 Å². The molecule has 0 bridgehead atoms. The minimum absolute atomic E-state index is 0.0565. The maximum Gasteiger partial charge on any atom is 0.169 e. The maximum atomic E-state index is 11.0. The third-order valence-electron chi connectivity index (χ3n) is 1.68. The molecule has 0 spiro atoms. The van der Waals surface area contributed by atoms with Crippen molar-refractivity contribution in [1.82, 2.24) is 0 Å². The largest absolute Gasteiger partial charge is 0.484 e. The summed E-state index contributed by atoms with van der Waals surface area (Å²) in [5, 5.41) is 0.511. The van der Waals surface area contributed by atoms with E-state index in [0.29, 0.717) is 17.2 Å². The Kier molecular flexibility index (Phi) is 4.42. The fourth-order valence-electron chi connectivity index (χ4n) is 0.848. The molecule has 4 heteroatoms. The van der Waals surface area contributed by atoms with Crippen molar-refractivity contribution >= 4 is 33.3 Å². The van der Waals surface area contributed by atoms with Crippen molar-refractivity contribution in [2.75, 3.05) is 6.61 Å². The quantitative estimate of drug-likeness (QED) is 0.842. The number of rotatable bonds is 4.